The third-order valence-electron chi connectivity index (χ3n) is 5.56. The number of likely N-dealkylation sites (tertiary alicyclic amines) is 1. The highest BCUT2D eigenvalue weighted by molar-refractivity contribution is 5.96. The fraction of sp³-hybridized carbons (Fsp3) is 0.556. The van der Waals surface area contributed by atoms with Gasteiger partial charge in [-0.1, -0.05) is 18.2 Å². The average molecular weight is 313 g/mol. The maximum Gasteiger partial charge on any atom is 0.227 e. The van der Waals surface area contributed by atoms with Gasteiger partial charge in [-0.15, -0.1) is 0 Å². The van der Waals surface area contributed by atoms with Gasteiger partial charge in [0.2, 0.25) is 11.8 Å². The second-order valence-electron chi connectivity index (χ2n) is 7.06. The number of amides is 2. The number of carbonyl (C=O) groups excluding carboxylic acids is 2. The predicted octanol–water partition coefficient (Wildman–Crippen LogP) is 1.26. The minimum atomic E-state index is -0.0855. The van der Waals surface area contributed by atoms with Crippen LogP contribution in [-0.4, -0.2) is 42.9 Å². The quantitative estimate of drug-likeness (QED) is 0.883. The molecule has 1 aromatic carbocycles. The third kappa shape index (κ3) is 2.85. The predicted molar refractivity (Wildman–Crippen MR) is 87.9 cm³/mol. The van der Waals surface area contributed by atoms with Gasteiger partial charge in [0, 0.05) is 44.2 Å². The zero-order chi connectivity index (χ0) is 15.8. The molecule has 1 aromatic rings. The van der Waals surface area contributed by atoms with Crippen LogP contribution < -0.4 is 10.6 Å². The number of anilines is 1. The van der Waals surface area contributed by atoms with E-state index >= 15 is 0 Å². The Hall–Kier alpha value is -1.88. The van der Waals surface area contributed by atoms with Crippen LogP contribution >= 0.6 is 0 Å². The maximum atomic E-state index is 12.4. The topological polar surface area (TPSA) is 61.4 Å². The monoisotopic (exact) mass is 313 g/mol. The van der Waals surface area contributed by atoms with Crippen molar-refractivity contribution in [1.29, 1.82) is 0 Å². The molecule has 2 fully saturated rings. The van der Waals surface area contributed by atoms with E-state index in [1.165, 1.54) is 5.56 Å². The number of nitrogens with one attached hydrogen (secondary N) is 2. The molecule has 2 amide bonds. The van der Waals surface area contributed by atoms with E-state index in [9.17, 15) is 9.59 Å². The minimum Gasteiger partial charge on any atom is -0.342 e. The van der Waals surface area contributed by atoms with Crippen LogP contribution in [0.1, 0.15) is 18.4 Å². The lowest BCUT2D eigenvalue weighted by Crippen LogP contribution is -2.34. The van der Waals surface area contributed by atoms with Crippen LogP contribution in [-0.2, 0) is 16.0 Å². The lowest BCUT2D eigenvalue weighted by atomic mass is 9.89. The zero-order valence-corrected chi connectivity index (χ0v) is 13.3. The normalized spacial score (nSPS) is 29.1. The van der Waals surface area contributed by atoms with Crippen LogP contribution in [0.4, 0.5) is 5.69 Å². The fourth-order valence-corrected chi connectivity index (χ4v) is 4.16. The molecular formula is C18H23N3O2. The third-order valence-corrected chi connectivity index (χ3v) is 5.56. The first-order chi connectivity index (χ1) is 11.2. The van der Waals surface area contributed by atoms with Gasteiger partial charge in [-0.3, -0.25) is 9.59 Å². The molecular weight excluding hydrogens is 290 g/mol. The second kappa shape index (κ2) is 5.96. The molecule has 0 spiro atoms. The fourth-order valence-electron chi connectivity index (χ4n) is 4.16. The molecule has 0 bridgehead atoms. The van der Waals surface area contributed by atoms with E-state index in [0.29, 0.717) is 24.7 Å². The van der Waals surface area contributed by atoms with Gasteiger partial charge >= 0.3 is 0 Å². The molecule has 4 rings (SSSR count). The largest absolute Gasteiger partial charge is 0.342 e. The highest BCUT2D eigenvalue weighted by atomic mass is 16.2. The molecule has 3 atom stereocenters. The SMILES string of the molecule is O=C1Nc2ccccc2CC1CCC(=O)N1C[C@H]2CNC[C@H]2C1. The Kier molecular flexibility index (Phi) is 3.81. The molecule has 3 aliphatic heterocycles. The molecule has 0 aliphatic carbocycles. The number of para-hydroxylation sites is 1. The van der Waals surface area contributed by atoms with Crippen molar-refractivity contribution in [1.82, 2.24) is 10.2 Å². The van der Waals surface area contributed by atoms with Crippen molar-refractivity contribution in [3.05, 3.63) is 29.8 Å². The minimum absolute atomic E-state index is 0.0546. The molecule has 5 heteroatoms. The number of fused-ring (bicyclic) bond motifs is 2. The van der Waals surface area contributed by atoms with E-state index < -0.39 is 0 Å². The number of carbonyl (C=O) groups is 2. The molecule has 122 valence electrons. The van der Waals surface area contributed by atoms with Crippen LogP contribution in [0.15, 0.2) is 24.3 Å². The van der Waals surface area contributed by atoms with Crippen molar-refractivity contribution in [2.24, 2.45) is 17.8 Å². The van der Waals surface area contributed by atoms with Crippen molar-refractivity contribution in [3.8, 4) is 0 Å². The Labute approximate surface area is 136 Å². The summed E-state index contributed by atoms with van der Waals surface area (Å²) in [7, 11) is 0. The number of nitrogens with zero attached hydrogens (tertiary/aromatic N) is 1. The first-order valence-corrected chi connectivity index (χ1v) is 8.58. The van der Waals surface area contributed by atoms with Crippen molar-refractivity contribution < 1.29 is 9.59 Å². The van der Waals surface area contributed by atoms with E-state index in [1.54, 1.807) is 0 Å². The number of hydrogen-bond acceptors (Lipinski definition) is 3. The summed E-state index contributed by atoms with van der Waals surface area (Å²) in [6.07, 6.45) is 1.86. The van der Waals surface area contributed by atoms with E-state index in [1.807, 2.05) is 23.1 Å². The number of hydrogen-bond donors (Lipinski definition) is 2. The maximum absolute atomic E-state index is 12.4. The molecule has 0 aromatic heterocycles. The van der Waals surface area contributed by atoms with Gasteiger partial charge in [-0.05, 0) is 36.3 Å². The Bertz CT molecular complexity index is 618. The molecule has 0 radical (unpaired) electrons. The van der Waals surface area contributed by atoms with Gasteiger partial charge in [0.05, 0.1) is 0 Å². The van der Waals surface area contributed by atoms with Crippen LogP contribution in [0.25, 0.3) is 0 Å². The summed E-state index contributed by atoms with van der Waals surface area (Å²) in [5.41, 5.74) is 2.09. The highest BCUT2D eigenvalue weighted by Gasteiger charge is 2.38. The molecule has 2 saturated heterocycles. The lowest BCUT2D eigenvalue weighted by Gasteiger charge is -2.25. The van der Waals surface area contributed by atoms with Crippen molar-refractivity contribution in [2.75, 3.05) is 31.5 Å². The number of rotatable bonds is 3. The van der Waals surface area contributed by atoms with Gasteiger partial charge < -0.3 is 15.5 Å². The summed E-state index contributed by atoms with van der Waals surface area (Å²) < 4.78 is 0. The summed E-state index contributed by atoms with van der Waals surface area (Å²) in [4.78, 5) is 26.7. The van der Waals surface area contributed by atoms with Crippen molar-refractivity contribution in [3.63, 3.8) is 0 Å². The van der Waals surface area contributed by atoms with E-state index in [0.717, 1.165) is 38.3 Å². The molecule has 1 unspecified atom stereocenters. The lowest BCUT2D eigenvalue weighted by molar-refractivity contribution is -0.131. The Morgan fingerprint density at radius 2 is 1.91 bits per heavy atom. The summed E-state index contributed by atoms with van der Waals surface area (Å²) in [5.74, 6) is 1.44. The van der Waals surface area contributed by atoms with Crippen LogP contribution in [0.5, 0.6) is 0 Å². The molecule has 3 aliphatic rings. The van der Waals surface area contributed by atoms with Gasteiger partial charge in [0.25, 0.3) is 0 Å². The smallest absolute Gasteiger partial charge is 0.227 e. The summed E-state index contributed by atoms with van der Waals surface area (Å²) in [5, 5.41) is 6.36. The van der Waals surface area contributed by atoms with Crippen LogP contribution in [0, 0.1) is 17.8 Å². The van der Waals surface area contributed by atoms with E-state index in [4.69, 9.17) is 0 Å². The molecule has 0 saturated carbocycles. The Morgan fingerprint density at radius 1 is 1.17 bits per heavy atom. The molecule has 3 heterocycles. The second-order valence-corrected chi connectivity index (χ2v) is 7.06. The first kappa shape index (κ1) is 14.7. The van der Waals surface area contributed by atoms with Gasteiger partial charge in [0.1, 0.15) is 0 Å². The number of benzene rings is 1. The van der Waals surface area contributed by atoms with Crippen molar-refractivity contribution in [2.45, 2.75) is 19.3 Å². The summed E-state index contributed by atoms with van der Waals surface area (Å²) >= 11 is 0. The first-order valence-electron chi connectivity index (χ1n) is 8.58. The Balaban J connectivity index is 1.33. The van der Waals surface area contributed by atoms with Gasteiger partial charge in [-0.25, -0.2) is 0 Å². The molecule has 5 nitrogen and oxygen atoms in total. The van der Waals surface area contributed by atoms with Gasteiger partial charge in [0.15, 0.2) is 0 Å². The highest BCUT2D eigenvalue weighted by Crippen LogP contribution is 2.29. The summed E-state index contributed by atoms with van der Waals surface area (Å²) in [6, 6.07) is 7.92. The zero-order valence-electron chi connectivity index (χ0n) is 13.3. The average Bonchev–Trinajstić information content (AvgIpc) is 3.14. The summed E-state index contributed by atoms with van der Waals surface area (Å²) in [6.45, 7) is 3.85. The van der Waals surface area contributed by atoms with E-state index in [2.05, 4.69) is 16.7 Å². The van der Waals surface area contributed by atoms with E-state index in [-0.39, 0.29) is 17.7 Å². The Morgan fingerprint density at radius 3 is 2.70 bits per heavy atom. The molecule has 23 heavy (non-hydrogen) atoms. The van der Waals surface area contributed by atoms with Crippen LogP contribution in [0.3, 0.4) is 0 Å². The molecule has 2 N–H and O–H groups in total. The van der Waals surface area contributed by atoms with Gasteiger partial charge in [-0.2, -0.15) is 0 Å². The standard InChI is InChI=1S/C18H23N3O2/c22-17(21-10-14-8-19-9-15(14)11-21)6-5-13-7-12-3-1-2-4-16(12)20-18(13)23/h1-4,13-15,19H,5-11H2,(H,20,23)/t13?,14-,15+. The van der Waals surface area contributed by atoms with Crippen molar-refractivity contribution >= 4 is 17.5 Å². The van der Waals surface area contributed by atoms with Crippen LogP contribution in [0.2, 0.25) is 0 Å².